The molecule has 1 amide bonds. The van der Waals surface area contributed by atoms with Crippen molar-refractivity contribution in [3.8, 4) is 0 Å². The van der Waals surface area contributed by atoms with Gasteiger partial charge in [-0.15, -0.1) is 0 Å². The molecule has 0 aromatic heterocycles. The summed E-state index contributed by atoms with van der Waals surface area (Å²) in [5, 5.41) is 2.26. The fourth-order valence-corrected chi connectivity index (χ4v) is 1.89. The van der Waals surface area contributed by atoms with Crippen LogP contribution in [0.1, 0.15) is 13.3 Å². The summed E-state index contributed by atoms with van der Waals surface area (Å²) in [5.74, 6) is -1.18. The second-order valence-corrected chi connectivity index (χ2v) is 5.45. The summed E-state index contributed by atoms with van der Waals surface area (Å²) in [6.45, 7) is 5.52. The lowest BCUT2D eigenvalue weighted by Gasteiger charge is -2.32. The lowest BCUT2D eigenvalue weighted by Crippen LogP contribution is -2.61. The third-order valence-electron chi connectivity index (χ3n) is 3.59. The number of hydrogen-bond acceptors (Lipinski definition) is 4. The van der Waals surface area contributed by atoms with Crippen molar-refractivity contribution < 1.29 is 18.0 Å². The highest BCUT2D eigenvalue weighted by Gasteiger charge is 2.53. The number of nitrogens with one attached hydrogen (secondary N) is 1. The highest BCUT2D eigenvalue weighted by Crippen LogP contribution is 2.27. The van der Waals surface area contributed by atoms with Crippen molar-refractivity contribution in [1.82, 2.24) is 15.1 Å². The average molecular weight is 296 g/mol. The normalized spacial score (nSPS) is 21.5. The van der Waals surface area contributed by atoms with E-state index in [4.69, 9.17) is 5.73 Å². The van der Waals surface area contributed by atoms with Crippen LogP contribution in [0.15, 0.2) is 0 Å². The molecular formula is C12H23F3N4O. The summed E-state index contributed by atoms with van der Waals surface area (Å²) in [7, 11) is 2.05. The summed E-state index contributed by atoms with van der Waals surface area (Å²) in [5.41, 5.74) is 2.19. The van der Waals surface area contributed by atoms with E-state index in [-0.39, 0.29) is 6.54 Å². The van der Waals surface area contributed by atoms with E-state index in [1.54, 1.807) is 0 Å². The minimum absolute atomic E-state index is 0.202. The maximum Gasteiger partial charge on any atom is 0.415 e. The smallest absolute Gasteiger partial charge is 0.354 e. The van der Waals surface area contributed by atoms with Crippen molar-refractivity contribution in [2.24, 2.45) is 5.73 Å². The summed E-state index contributed by atoms with van der Waals surface area (Å²) < 4.78 is 37.6. The Kier molecular flexibility index (Phi) is 5.79. The predicted octanol–water partition coefficient (Wildman–Crippen LogP) is 0.0198. The van der Waals surface area contributed by atoms with E-state index < -0.39 is 17.6 Å². The Morgan fingerprint density at radius 2 is 1.80 bits per heavy atom. The molecule has 1 aliphatic heterocycles. The average Bonchev–Trinajstić information content (AvgIpc) is 2.35. The molecule has 3 N–H and O–H groups in total. The lowest BCUT2D eigenvalue weighted by molar-refractivity contribution is -0.187. The summed E-state index contributed by atoms with van der Waals surface area (Å²) in [6.07, 6.45) is -4.13. The molecule has 0 aromatic carbocycles. The molecule has 1 unspecified atom stereocenters. The number of likely N-dealkylation sites (N-methyl/N-ethyl adjacent to an activating group) is 1. The summed E-state index contributed by atoms with van der Waals surface area (Å²) in [6, 6.07) is 0. The van der Waals surface area contributed by atoms with Crippen LogP contribution in [-0.2, 0) is 4.79 Å². The summed E-state index contributed by atoms with van der Waals surface area (Å²) in [4.78, 5) is 15.9. The van der Waals surface area contributed by atoms with Crippen molar-refractivity contribution in [1.29, 1.82) is 0 Å². The van der Waals surface area contributed by atoms with Gasteiger partial charge in [-0.25, -0.2) is 0 Å². The van der Waals surface area contributed by atoms with Gasteiger partial charge >= 0.3 is 6.18 Å². The molecule has 1 saturated heterocycles. The third kappa shape index (κ3) is 4.60. The Labute approximate surface area is 117 Å². The number of nitrogens with two attached hydrogens (primary N) is 1. The Hall–Kier alpha value is -0.860. The maximum absolute atomic E-state index is 12.5. The highest BCUT2D eigenvalue weighted by atomic mass is 19.4. The fraction of sp³-hybridized carbons (Fsp3) is 0.917. The van der Waals surface area contributed by atoms with Crippen LogP contribution in [0.3, 0.4) is 0 Å². The van der Waals surface area contributed by atoms with E-state index in [9.17, 15) is 18.0 Å². The van der Waals surface area contributed by atoms with Crippen LogP contribution in [-0.4, -0.2) is 73.7 Å². The number of alkyl halides is 3. The largest absolute Gasteiger partial charge is 0.415 e. The topological polar surface area (TPSA) is 61.6 Å². The number of nitrogens with zero attached hydrogens (tertiary/aromatic N) is 2. The van der Waals surface area contributed by atoms with Crippen molar-refractivity contribution in [3.63, 3.8) is 0 Å². The van der Waals surface area contributed by atoms with Gasteiger partial charge in [0.1, 0.15) is 0 Å². The van der Waals surface area contributed by atoms with Crippen LogP contribution in [0.25, 0.3) is 0 Å². The quantitative estimate of drug-likeness (QED) is 0.702. The molecule has 8 heteroatoms. The SMILES string of the molecule is CN1CCN(CCCNC(=O)C(C)(N)C(F)(F)F)CC1. The predicted molar refractivity (Wildman–Crippen MR) is 70.2 cm³/mol. The molecule has 1 rings (SSSR count). The third-order valence-corrected chi connectivity index (χ3v) is 3.59. The monoisotopic (exact) mass is 296 g/mol. The van der Waals surface area contributed by atoms with Gasteiger partial charge in [0.25, 0.3) is 0 Å². The molecule has 118 valence electrons. The summed E-state index contributed by atoms with van der Waals surface area (Å²) >= 11 is 0. The highest BCUT2D eigenvalue weighted by molar-refractivity contribution is 5.86. The molecule has 1 heterocycles. The Bertz CT molecular complexity index is 325. The Balaban J connectivity index is 2.23. The molecule has 5 nitrogen and oxygen atoms in total. The first kappa shape index (κ1) is 17.2. The van der Waals surface area contributed by atoms with Gasteiger partial charge < -0.3 is 20.9 Å². The first-order valence-electron chi connectivity index (χ1n) is 6.69. The van der Waals surface area contributed by atoms with E-state index in [1.165, 1.54) is 0 Å². The van der Waals surface area contributed by atoms with Crippen LogP contribution in [0.4, 0.5) is 13.2 Å². The number of carbonyl (C=O) groups excluding carboxylic acids is 1. The minimum atomic E-state index is -4.74. The van der Waals surface area contributed by atoms with Crippen molar-refractivity contribution in [3.05, 3.63) is 0 Å². The second kappa shape index (κ2) is 6.73. The number of halogens is 3. The molecule has 0 spiro atoms. The van der Waals surface area contributed by atoms with Gasteiger partial charge in [-0.3, -0.25) is 4.79 Å². The molecule has 20 heavy (non-hydrogen) atoms. The zero-order chi connectivity index (χ0) is 15.4. The minimum Gasteiger partial charge on any atom is -0.354 e. The molecule has 1 fully saturated rings. The van der Waals surface area contributed by atoms with Crippen LogP contribution < -0.4 is 11.1 Å². The van der Waals surface area contributed by atoms with Gasteiger partial charge in [-0.1, -0.05) is 0 Å². The molecule has 1 atom stereocenters. The number of carbonyl (C=O) groups is 1. The second-order valence-electron chi connectivity index (χ2n) is 5.45. The van der Waals surface area contributed by atoms with Crippen molar-refractivity contribution >= 4 is 5.91 Å². The van der Waals surface area contributed by atoms with Gasteiger partial charge in [-0.2, -0.15) is 13.2 Å². The lowest BCUT2D eigenvalue weighted by atomic mass is 10.0. The maximum atomic E-state index is 12.5. The van der Waals surface area contributed by atoms with E-state index in [0.29, 0.717) is 13.3 Å². The Morgan fingerprint density at radius 3 is 2.30 bits per heavy atom. The van der Waals surface area contributed by atoms with Gasteiger partial charge in [0.05, 0.1) is 0 Å². The fourth-order valence-electron chi connectivity index (χ4n) is 1.89. The van der Waals surface area contributed by atoms with E-state index in [1.807, 2.05) is 0 Å². The van der Waals surface area contributed by atoms with E-state index >= 15 is 0 Å². The zero-order valence-corrected chi connectivity index (χ0v) is 12.0. The molecular weight excluding hydrogens is 273 g/mol. The first-order valence-corrected chi connectivity index (χ1v) is 6.69. The van der Waals surface area contributed by atoms with Crippen molar-refractivity contribution in [2.45, 2.75) is 25.1 Å². The van der Waals surface area contributed by atoms with Gasteiger partial charge in [0, 0.05) is 32.7 Å². The number of amides is 1. The Morgan fingerprint density at radius 1 is 1.25 bits per heavy atom. The van der Waals surface area contributed by atoms with Crippen LogP contribution in [0, 0.1) is 0 Å². The number of rotatable bonds is 5. The molecule has 0 aromatic rings. The van der Waals surface area contributed by atoms with Crippen LogP contribution in [0.2, 0.25) is 0 Å². The van der Waals surface area contributed by atoms with Crippen molar-refractivity contribution in [2.75, 3.05) is 46.3 Å². The van der Waals surface area contributed by atoms with Gasteiger partial charge in [0.15, 0.2) is 5.54 Å². The molecule has 1 aliphatic rings. The van der Waals surface area contributed by atoms with E-state index in [2.05, 4.69) is 22.2 Å². The first-order chi connectivity index (χ1) is 9.14. The molecule has 0 aliphatic carbocycles. The molecule has 0 bridgehead atoms. The number of hydrogen-bond donors (Lipinski definition) is 2. The molecule has 0 saturated carbocycles. The molecule has 0 radical (unpaired) electrons. The van der Waals surface area contributed by atoms with E-state index in [0.717, 1.165) is 32.7 Å². The van der Waals surface area contributed by atoms with Crippen LogP contribution >= 0.6 is 0 Å². The van der Waals surface area contributed by atoms with Crippen LogP contribution in [0.5, 0.6) is 0 Å². The van der Waals surface area contributed by atoms with Gasteiger partial charge in [0.2, 0.25) is 5.91 Å². The number of piperazine rings is 1. The van der Waals surface area contributed by atoms with Gasteiger partial charge in [-0.05, 0) is 26.9 Å². The standard InChI is InChI=1S/C12H23F3N4O/c1-11(16,12(13,14)15)10(20)17-4-3-5-19-8-6-18(2)7-9-19/h3-9,16H2,1-2H3,(H,17,20). The zero-order valence-electron chi connectivity index (χ0n) is 12.0.